The van der Waals surface area contributed by atoms with Gasteiger partial charge < -0.3 is 10.1 Å². The molecule has 0 radical (unpaired) electrons. The maximum absolute atomic E-state index is 11.9. The SMILES string of the molecule is O=Cc1ccc(C(=O)c2ccc(O)cc2)[nH]1. The first-order chi connectivity index (χ1) is 7.70. The topological polar surface area (TPSA) is 70.2 Å². The number of benzene rings is 1. The third-order valence-electron chi connectivity index (χ3n) is 2.21. The van der Waals surface area contributed by atoms with E-state index >= 15 is 0 Å². The van der Waals surface area contributed by atoms with Crippen molar-refractivity contribution < 1.29 is 14.7 Å². The molecule has 1 aromatic heterocycles. The largest absolute Gasteiger partial charge is 0.508 e. The van der Waals surface area contributed by atoms with E-state index < -0.39 is 0 Å². The summed E-state index contributed by atoms with van der Waals surface area (Å²) < 4.78 is 0. The van der Waals surface area contributed by atoms with Crippen LogP contribution < -0.4 is 0 Å². The van der Waals surface area contributed by atoms with E-state index in [0.29, 0.717) is 23.2 Å². The van der Waals surface area contributed by atoms with Crippen LogP contribution in [0.3, 0.4) is 0 Å². The fraction of sp³-hybridized carbons (Fsp3) is 0. The molecule has 0 aliphatic rings. The van der Waals surface area contributed by atoms with Crippen molar-refractivity contribution in [1.29, 1.82) is 0 Å². The Labute approximate surface area is 91.5 Å². The molecular weight excluding hydrogens is 206 g/mol. The zero-order valence-corrected chi connectivity index (χ0v) is 8.31. The second kappa shape index (κ2) is 4.02. The molecule has 0 spiro atoms. The third kappa shape index (κ3) is 1.86. The molecule has 80 valence electrons. The lowest BCUT2D eigenvalue weighted by Gasteiger charge is -1.98. The minimum atomic E-state index is -0.215. The van der Waals surface area contributed by atoms with Gasteiger partial charge in [-0.3, -0.25) is 9.59 Å². The molecule has 0 unspecified atom stereocenters. The summed E-state index contributed by atoms with van der Waals surface area (Å²) in [7, 11) is 0. The summed E-state index contributed by atoms with van der Waals surface area (Å²) in [6, 6.07) is 9.03. The second-order valence-electron chi connectivity index (χ2n) is 3.32. The summed E-state index contributed by atoms with van der Waals surface area (Å²) in [5.41, 5.74) is 1.17. The fourth-order valence-electron chi connectivity index (χ4n) is 1.38. The van der Waals surface area contributed by atoms with Crippen LogP contribution in [0.25, 0.3) is 0 Å². The predicted molar refractivity (Wildman–Crippen MR) is 57.7 cm³/mol. The Morgan fingerprint density at radius 2 is 1.81 bits per heavy atom. The van der Waals surface area contributed by atoms with Crippen molar-refractivity contribution in [2.45, 2.75) is 0 Å². The molecule has 1 aromatic carbocycles. The average molecular weight is 215 g/mol. The van der Waals surface area contributed by atoms with Gasteiger partial charge in [0.25, 0.3) is 0 Å². The second-order valence-corrected chi connectivity index (χ2v) is 3.32. The lowest BCUT2D eigenvalue weighted by Crippen LogP contribution is -2.01. The van der Waals surface area contributed by atoms with Crippen LogP contribution in [0.2, 0.25) is 0 Å². The molecule has 2 aromatic rings. The van der Waals surface area contributed by atoms with Gasteiger partial charge in [0.05, 0.1) is 11.4 Å². The predicted octanol–water partition coefficient (Wildman–Crippen LogP) is 1.76. The van der Waals surface area contributed by atoms with Crippen molar-refractivity contribution in [2.75, 3.05) is 0 Å². The molecule has 0 saturated carbocycles. The molecule has 4 nitrogen and oxygen atoms in total. The number of nitrogens with one attached hydrogen (secondary N) is 1. The minimum absolute atomic E-state index is 0.108. The monoisotopic (exact) mass is 215 g/mol. The van der Waals surface area contributed by atoms with E-state index in [4.69, 9.17) is 5.11 Å². The quantitative estimate of drug-likeness (QED) is 0.605. The molecule has 0 fully saturated rings. The molecule has 1 heterocycles. The number of carbonyl (C=O) groups excluding carboxylic acids is 2. The van der Waals surface area contributed by atoms with Crippen molar-refractivity contribution >= 4 is 12.1 Å². The molecule has 0 amide bonds. The molecule has 2 rings (SSSR count). The molecule has 0 atom stereocenters. The van der Waals surface area contributed by atoms with Gasteiger partial charge in [0.1, 0.15) is 5.75 Å². The highest BCUT2D eigenvalue weighted by Gasteiger charge is 2.10. The van der Waals surface area contributed by atoms with Gasteiger partial charge in [-0.25, -0.2) is 0 Å². The Balaban J connectivity index is 2.31. The van der Waals surface area contributed by atoms with Crippen molar-refractivity contribution in [3.05, 3.63) is 53.3 Å². The van der Waals surface area contributed by atoms with Crippen LogP contribution in [0.15, 0.2) is 36.4 Å². The normalized spacial score (nSPS) is 10.0. The number of phenolic OH excluding ortho intramolecular Hbond substituents is 1. The van der Waals surface area contributed by atoms with Gasteiger partial charge in [-0.2, -0.15) is 0 Å². The van der Waals surface area contributed by atoms with E-state index in [1.807, 2.05) is 0 Å². The lowest BCUT2D eigenvalue weighted by atomic mass is 10.1. The number of aromatic amines is 1. The van der Waals surface area contributed by atoms with Gasteiger partial charge in [0, 0.05) is 5.56 Å². The van der Waals surface area contributed by atoms with E-state index in [9.17, 15) is 9.59 Å². The highest BCUT2D eigenvalue weighted by atomic mass is 16.3. The number of aldehydes is 1. The van der Waals surface area contributed by atoms with Crippen LogP contribution >= 0.6 is 0 Å². The van der Waals surface area contributed by atoms with E-state index in [2.05, 4.69) is 4.98 Å². The van der Waals surface area contributed by atoms with Crippen molar-refractivity contribution in [1.82, 2.24) is 4.98 Å². The summed E-state index contributed by atoms with van der Waals surface area (Å²) >= 11 is 0. The summed E-state index contributed by atoms with van der Waals surface area (Å²) in [6.07, 6.45) is 0.646. The third-order valence-corrected chi connectivity index (χ3v) is 2.21. The molecule has 0 aliphatic carbocycles. The number of H-pyrrole nitrogens is 1. The molecule has 16 heavy (non-hydrogen) atoms. The molecule has 2 N–H and O–H groups in total. The Hall–Kier alpha value is -2.36. The Morgan fingerprint density at radius 1 is 1.12 bits per heavy atom. The molecule has 0 bridgehead atoms. The fourth-order valence-corrected chi connectivity index (χ4v) is 1.38. The molecule has 0 saturated heterocycles. The lowest BCUT2D eigenvalue weighted by molar-refractivity contribution is 0.103. The number of carbonyl (C=O) groups is 2. The van der Waals surface area contributed by atoms with Crippen molar-refractivity contribution in [3.8, 4) is 5.75 Å². The van der Waals surface area contributed by atoms with Gasteiger partial charge in [0.2, 0.25) is 5.78 Å². The Bertz CT molecular complexity index is 525. The van der Waals surface area contributed by atoms with Crippen molar-refractivity contribution in [2.24, 2.45) is 0 Å². The summed E-state index contributed by atoms with van der Waals surface area (Å²) in [4.78, 5) is 25.0. The van der Waals surface area contributed by atoms with E-state index in [1.54, 1.807) is 12.1 Å². The van der Waals surface area contributed by atoms with Crippen LogP contribution in [0.5, 0.6) is 5.75 Å². The first kappa shape index (κ1) is 10.2. The summed E-state index contributed by atoms with van der Waals surface area (Å²) in [6.45, 7) is 0. The van der Waals surface area contributed by atoms with Crippen LogP contribution in [0.1, 0.15) is 26.5 Å². The van der Waals surface area contributed by atoms with Gasteiger partial charge in [0.15, 0.2) is 6.29 Å². The standard InChI is InChI=1S/C12H9NO3/c14-7-9-3-6-11(13-9)12(16)8-1-4-10(15)5-2-8/h1-7,13,15H. The van der Waals surface area contributed by atoms with Crippen LogP contribution in [0.4, 0.5) is 0 Å². The average Bonchev–Trinajstić information content (AvgIpc) is 2.77. The van der Waals surface area contributed by atoms with Gasteiger partial charge in [-0.1, -0.05) is 0 Å². The van der Waals surface area contributed by atoms with Crippen LogP contribution in [-0.2, 0) is 0 Å². The Morgan fingerprint density at radius 3 is 2.38 bits per heavy atom. The Kier molecular flexibility index (Phi) is 2.55. The van der Waals surface area contributed by atoms with Gasteiger partial charge in [-0.15, -0.1) is 0 Å². The van der Waals surface area contributed by atoms with Gasteiger partial charge in [-0.05, 0) is 36.4 Å². The highest BCUT2D eigenvalue weighted by Crippen LogP contribution is 2.13. The van der Waals surface area contributed by atoms with E-state index in [0.717, 1.165) is 0 Å². The maximum atomic E-state index is 11.9. The number of hydrogen-bond acceptors (Lipinski definition) is 3. The zero-order chi connectivity index (χ0) is 11.5. The van der Waals surface area contributed by atoms with E-state index in [-0.39, 0.29) is 11.5 Å². The van der Waals surface area contributed by atoms with Crippen LogP contribution in [0, 0.1) is 0 Å². The number of phenols is 1. The molecular formula is C12H9NO3. The number of aromatic nitrogens is 1. The summed E-state index contributed by atoms with van der Waals surface area (Å²) in [5.74, 6) is -0.107. The summed E-state index contributed by atoms with van der Waals surface area (Å²) in [5, 5.41) is 9.09. The zero-order valence-electron chi connectivity index (χ0n) is 8.31. The highest BCUT2D eigenvalue weighted by molar-refractivity contribution is 6.08. The number of hydrogen-bond donors (Lipinski definition) is 2. The smallest absolute Gasteiger partial charge is 0.209 e. The van der Waals surface area contributed by atoms with Gasteiger partial charge >= 0.3 is 0 Å². The first-order valence-corrected chi connectivity index (χ1v) is 4.68. The van der Waals surface area contributed by atoms with Crippen LogP contribution in [-0.4, -0.2) is 22.2 Å². The molecule has 4 heteroatoms. The minimum Gasteiger partial charge on any atom is -0.508 e. The number of rotatable bonds is 3. The number of aromatic hydroxyl groups is 1. The van der Waals surface area contributed by atoms with E-state index in [1.165, 1.54) is 24.3 Å². The molecule has 0 aliphatic heterocycles. The van der Waals surface area contributed by atoms with Crippen molar-refractivity contribution in [3.63, 3.8) is 0 Å². The number of ketones is 1. The first-order valence-electron chi connectivity index (χ1n) is 4.68. The maximum Gasteiger partial charge on any atom is 0.209 e.